The van der Waals surface area contributed by atoms with Crippen LogP contribution in [0, 0.1) is 11.3 Å². The van der Waals surface area contributed by atoms with Crippen molar-refractivity contribution in [3.05, 3.63) is 32.5 Å². The lowest BCUT2D eigenvalue weighted by Gasteiger charge is -2.16. The maximum Gasteiger partial charge on any atom is 0.343 e. The number of rotatable bonds is 6. The lowest BCUT2D eigenvalue weighted by atomic mass is 9.96. The molecule has 0 bridgehead atoms. The third kappa shape index (κ3) is 4.35. The van der Waals surface area contributed by atoms with Gasteiger partial charge in [0, 0.05) is 12.1 Å². The van der Waals surface area contributed by atoms with Crippen LogP contribution in [0.2, 0.25) is 15.2 Å². The number of aliphatic hydroxyl groups excluding tert-OH is 2. The van der Waals surface area contributed by atoms with Crippen LogP contribution in [0.4, 0.5) is 0 Å². The van der Waals surface area contributed by atoms with Crippen LogP contribution in [-0.2, 0) is 9.53 Å². The summed E-state index contributed by atoms with van der Waals surface area (Å²) in [4.78, 5) is 15.9. The van der Waals surface area contributed by atoms with Gasteiger partial charge in [0.05, 0.1) is 34.5 Å². The maximum atomic E-state index is 12.1. The number of aliphatic hydroxyl groups is 2. The Kier molecular flexibility index (Phi) is 7.28. The molecule has 1 aromatic rings. The Morgan fingerprint density at radius 3 is 2.52 bits per heavy atom. The third-order valence-corrected chi connectivity index (χ3v) is 4.17. The number of nitrogens with zero attached hydrogens (tertiary/aromatic N) is 1. The van der Waals surface area contributed by atoms with Crippen molar-refractivity contribution in [3.8, 4) is 0 Å². The summed E-state index contributed by atoms with van der Waals surface area (Å²) in [6, 6.07) is 0. The monoisotopic (exact) mass is 380 g/mol. The fraction of sp³-hybridized carbons (Fsp3) is 0.357. The molecule has 1 rings (SSSR count). The fourth-order valence-corrected chi connectivity index (χ4v) is 2.19. The normalized spacial score (nSPS) is 13.3. The average Bonchev–Trinajstić information content (AvgIpc) is 2.52. The summed E-state index contributed by atoms with van der Waals surface area (Å²) >= 11 is 17.6. The van der Waals surface area contributed by atoms with E-state index in [4.69, 9.17) is 44.9 Å². The van der Waals surface area contributed by atoms with E-state index in [0.29, 0.717) is 0 Å². The first-order chi connectivity index (χ1) is 10.8. The predicted octanol–water partition coefficient (Wildman–Crippen LogP) is 3.52. The number of hydrogen-bond donors (Lipinski definition) is 3. The fourth-order valence-electron chi connectivity index (χ4n) is 1.62. The topological polar surface area (TPSA) is 104 Å². The molecule has 3 N–H and O–H groups in total. The van der Waals surface area contributed by atoms with Gasteiger partial charge in [0.2, 0.25) is 0 Å². The van der Waals surface area contributed by atoms with Gasteiger partial charge in [-0.2, -0.15) is 0 Å². The van der Waals surface area contributed by atoms with E-state index in [1.165, 1.54) is 6.92 Å². The third-order valence-electron chi connectivity index (χ3n) is 2.92. The Labute approximate surface area is 148 Å². The molecule has 126 valence electrons. The van der Waals surface area contributed by atoms with Crippen molar-refractivity contribution in [1.82, 2.24) is 4.98 Å². The maximum absolute atomic E-state index is 12.1. The first kappa shape index (κ1) is 19.7. The van der Waals surface area contributed by atoms with Crippen molar-refractivity contribution in [2.75, 3.05) is 13.2 Å². The van der Waals surface area contributed by atoms with E-state index >= 15 is 0 Å². The molecule has 6 nitrogen and oxygen atoms in total. The first-order valence-corrected chi connectivity index (χ1v) is 7.69. The predicted molar refractivity (Wildman–Crippen MR) is 89.4 cm³/mol. The summed E-state index contributed by atoms with van der Waals surface area (Å²) in [7, 11) is 0. The number of carbonyl (C=O) groups excluding carboxylic acids is 1. The average molecular weight is 382 g/mol. The number of aromatic nitrogens is 1. The Morgan fingerprint density at radius 1 is 1.39 bits per heavy atom. The molecule has 1 atom stereocenters. The summed E-state index contributed by atoms with van der Waals surface area (Å²) < 4.78 is 4.85. The molecular weight excluding hydrogens is 367 g/mol. The van der Waals surface area contributed by atoms with Gasteiger partial charge < -0.3 is 20.4 Å². The second kappa shape index (κ2) is 8.49. The molecule has 0 spiro atoms. The van der Waals surface area contributed by atoms with Gasteiger partial charge in [-0.15, -0.1) is 0 Å². The number of carbonyl (C=O) groups is 1. The molecule has 0 aliphatic carbocycles. The van der Waals surface area contributed by atoms with Crippen molar-refractivity contribution in [2.45, 2.75) is 13.8 Å². The van der Waals surface area contributed by atoms with E-state index in [-0.39, 0.29) is 39.7 Å². The molecule has 0 radical (unpaired) electrons. The van der Waals surface area contributed by atoms with Crippen LogP contribution in [0.1, 0.15) is 19.4 Å². The van der Waals surface area contributed by atoms with E-state index in [0.717, 1.165) is 6.20 Å². The molecule has 0 aromatic carbocycles. The largest absolute Gasteiger partial charge is 0.506 e. The molecule has 0 aliphatic rings. The molecule has 9 heteroatoms. The molecular formula is C14H15Cl3N2O4. The minimum atomic E-state index is -0.919. The van der Waals surface area contributed by atoms with Crippen LogP contribution in [0.5, 0.6) is 0 Å². The van der Waals surface area contributed by atoms with E-state index in [1.54, 1.807) is 6.92 Å². The van der Waals surface area contributed by atoms with Crippen molar-refractivity contribution in [2.24, 2.45) is 5.92 Å². The van der Waals surface area contributed by atoms with E-state index in [9.17, 15) is 15.0 Å². The molecule has 23 heavy (non-hydrogen) atoms. The SMILES string of the molecule is CCOC(=O)C(C(=N)C(C)CO)=C(O)c1cnc(Cl)c(Cl)c1Cl. The minimum Gasteiger partial charge on any atom is -0.506 e. The van der Waals surface area contributed by atoms with Gasteiger partial charge in [0.15, 0.2) is 0 Å². The molecule has 1 aromatic heterocycles. The lowest BCUT2D eigenvalue weighted by Crippen LogP contribution is -2.24. The molecule has 0 aliphatic heterocycles. The van der Waals surface area contributed by atoms with E-state index in [2.05, 4.69) is 4.98 Å². The molecule has 0 saturated carbocycles. The van der Waals surface area contributed by atoms with E-state index in [1.807, 2.05) is 0 Å². The first-order valence-electron chi connectivity index (χ1n) is 6.56. The second-order valence-electron chi connectivity index (χ2n) is 4.53. The summed E-state index contributed by atoms with van der Waals surface area (Å²) in [5.41, 5.74) is -0.792. The summed E-state index contributed by atoms with van der Waals surface area (Å²) in [5, 5.41) is 27.3. The van der Waals surface area contributed by atoms with Gasteiger partial charge in [-0.1, -0.05) is 41.7 Å². The molecule has 1 heterocycles. The second-order valence-corrected chi connectivity index (χ2v) is 5.65. The number of pyridine rings is 1. The Hall–Kier alpha value is -1.34. The quantitative estimate of drug-likeness (QED) is 0.230. The van der Waals surface area contributed by atoms with Crippen molar-refractivity contribution >= 4 is 52.2 Å². The van der Waals surface area contributed by atoms with Crippen molar-refractivity contribution in [3.63, 3.8) is 0 Å². The standard InChI is InChI=1S/C14H15Cl3N2O4/c1-3-23-14(22)8(11(18)6(2)5-20)12(21)7-4-19-13(17)10(16)9(7)15/h4,6,18,20-21H,3,5H2,1-2H3. The zero-order valence-electron chi connectivity index (χ0n) is 12.4. The van der Waals surface area contributed by atoms with Gasteiger partial charge in [0.1, 0.15) is 16.5 Å². The molecule has 0 fully saturated rings. The zero-order chi connectivity index (χ0) is 17.7. The van der Waals surface area contributed by atoms with Crippen LogP contribution in [0.3, 0.4) is 0 Å². The Balaban J connectivity index is 3.55. The number of halogens is 3. The number of esters is 1. The van der Waals surface area contributed by atoms with Gasteiger partial charge in [-0.25, -0.2) is 9.78 Å². The lowest BCUT2D eigenvalue weighted by molar-refractivity contribution is -0.137. The Bertz CT molecular complexity index is 662. The van der Waals surface area contributed by atoms with Gasteiger partial charge in [-0.3, -0.25) is 0 Å². The van der Waals surface area contributed by atoms with Crippen LogP contribution >= 0.6 is 34.8 Å². The van der Waals surface area contributed by atoms with Gasteiger partial charge >= 0.3 is 5.97 Å². The smallest absolute Gasteiger partial charge is 0.343 e. The highest BCUT2D eigenvalue weighted by Crippen LogP contribution is 2.35. The van der Waals surface area contributed by atoms with Crippen LogP contribution in [-0.4, -0.2) is 40.1 Å². The summed E-state index contributed by atoms with van der Waals surface area (Å²) in [6.45, 7) is 2.76. The number of nitrogens with one attached hydrogen (secondary N) is 1. The van der Waals surface area contributed by atoms with Gasteiger partial charge in [-0.05, 0) is 6.92 Å². The van der Waals surface area contributed by atoms with E-state index < -0.39 is 23.2 Å². The van der Waals surface area contributed by atoms with Crippen molar-refractivity contribution < 1.29 is 19.7 Å². The highest BCUT2D eigenvalue weighted by atomic mass is 35.5. The Morgan fingerprint density at radius 2 is 2.00 bits per heavy atom. The molecule has 0 saturated heterocycles. The molecule has 1 unspecified atom stereocenters. The van der Waals surface area contributed by atoms with Crippen molar-refractivity contribution in [1.29, 1.82) is 5.41 Å². The summed E-state index contributed by atoms with van der Waals surface area (Å²) in [6.07, 6.45) is 1.13. The molecule has 0 amide bonds. The van der Waals surface area contributed by atoms with Crippen LogP contribution in [0.15, 0.2) is 11.8 Å². The van der Waals surface area contributed by atoms with Crippen LogP contribution in [0.25, 0.3) is 5.76 Å². The highest BCUT2D eigenvalue weighted by Gasteiger charge is 2.27. The van der Waals surface area contributed by atoms with Gasteiger partial charge in [0.25, 0.3) is 0 Å². The number of ether oxygens (including phenoxy) is 1. The summed E-state index contributed by atoms with van der Waals surface area (Å²) in [5.74, 6) is -2.24. The minimum absolute atomic E-state index is 0.0454. The van der Waals surface area contributed by atoms with Crippen LogP contribution < -0.4 is 0 Å². The number of hydrogen-bond acceptors (Lipinski definition) is 6. The zero-order valence-corrected chi connectivity index (χ0v) is 14.6. The highest BCUT2D eigenvalue weighted by molar-refractivity contribution is 6.48.